The number of aryl methyl sites for hydroxylation is 1. The minimum atomic E-state index is -0.781. The van der Waals surface area contributed by atoms with Crippen molar-refractivity contribution in [3.63, 3.8) is 0 Å². The highest BCUT2D eigenvalue weighted by molar-refractivity contribution is 6.00. The van der Waals surface area contributed by atoms with Crippen LogP contribution in [0.25, 0.3) is 0 Å². The zero-order valence-electron chi connectivity index (χ0n) is 12.7. The van der Waals surface area contributed by atoms with Crippen LogP contribution in [0.1, 0.15) is 60.9 Å². The van der Waals surface area contributed by atoms with E-state index in [1.807, 2.05) is 18.2 Å². The van der Waals surface area contributed by atoms with Crippen LogP contribution >= 0.6 is 0 Å². The van der Waals surface area contributed by atoms with E-state index in [1.165, 1.54) is 6.42 Å². The van der Waals surface area contributed by atoms with Gasteiger partial charge in [0.25, 0.3) is 0 Å². The van der Waals surface area contributed by atoms with Crippen LogP contribution in [0.4, 0.5) is 0 Å². The molecule has 1 fully saturated rings. The SMILES string of the molecule is COc1ccc2c(c1)CCCC(C1(O)CCCCC1)C2=O. The summed E-state index contributed by atoms with van der Waals surface area (Å²) in [6.45, 7) is 0. The van der Waals surface area contributed by atoms with Crippen molar-refractivity contribution in [2.45, 2.75) is 57.0 Å². The molecule has 2 aliphatic carbocycles. The Kier molecular flexibility index (Phi) is 4.03. The lowest BCUT2D eigenvalue weighted by Gasteiger charge is -2.38. The second kappa shape index (κ2) is 5.80. The summed E-state index contributed by atoms with van der Waals surface area (Å²) in [5, 5.41) is 11.0. The third-order valence-corrected chi connectivity index (χ3v) is 5.20. The summed E-state index contributed by atoms with van der Waals surface area (Å²) in [7, 11) is 1.65. The molecule has 3 heteroatoms. The van der Waals surface area contributed by atoms with Gasteiger partial charge in [-0.1, -0.05) is 19.3 Å². The maximum absolute atomic E-state index is 12.9. The molecule has 1 saturated carbocycles. The van der Waals surface area contributed by atoms with E-state index in [0.29, 0.717) is 0 Å². The standard InChI is InChI=1S/C18H24O3/c1-21-14-8-9-15-13(12-14)6-5-7-16(17(15)19)18(20)10-3-2-4-11-18/h8-9,12,16,20H,2-7,10-11H2,1H3. The van der Waals surface area contributed by atoms with Crippen molar-refractivity contribution in [1.82, 2.24) is 0 Å². The molecule has 0 aromatic heterocycles. The number of ketones is 1. The summed E-state index contributed by atoms with van der Waals surface area (Å²) < 4.78 is 5.26. The number of benzene rings is 1. The van der Waals surface area contributed by atoms with E-state index in [9.17, 15) is 9.90 Å². The van der Waals surface area contributed by atoms with Crippen LogP contribution in [-0.4, -0.2) is 23.6 Å². The van der Waals surface area contributed by atoms with Gasteiger partial charge in [0.05, 0.1) is 18.6 Å². The van der Waals surface area contributed by atoms with Crippen LogP contribution in [0.3, 0.4) is 0 Å². The highest BCUT2D eigenvalue weighted by atomic mass is 16.5. The number of Topliss-reactive ketones (excluding diaryl/α,β-unsaturated/α-hetero) is 1. The zero-order valence-corrected chi connectivity index (χ0v) is 12.7. The van der Waals surface area contributed by atoms with Crippen LogP contribution in [0.5, 0.6) is 5.75 Å². The number of ether oxygens (including phenoxy) is 1. The molecule has 0 spiro atoms. The number of fused-ring (bicyclic) bond motifs is 1. The Morgan fingerprint density at radius 1 is 1.19 bits per heavy atom. The van der Waals surface area contributed by atoms with Crippen molar-refractivity contribution in [1.29, 1.82) is 0 Å². The maximum Gasteiger partial charge on any atom is 0.169 e. The molecular weight excluding hydrogens is 264 g/mol. The van der Waals surface area contributed by atoms with Crippen molar-refractivity contribution < 1.29 is 14.6 Å². The molecule has 1 N–H and O–H groups in total. The molecule has 1 unspecified atom stereocenters. The first-order valence-electron chi connectivity index (χ1n) is 8.07. The van der Waals surface area contributed by atoms with Gasteiger partial charge in [-0.15, -0.1) is 0 Å². The van der Waals surface area contributed by atoms with Gasteiger partial charge in [0.1, 0.15) is 5.75 Å². The lowest BCUT2D eigenvalue weighted by Crippen LogP contribution is -2.43. The molecule has 1 aromatic rings. The normalized spacial score (nSPS) is 25.0. The van der Waals surface area contributed by atoms with E-state index in [2.05, 4.69) is 0 Å². The highest BCUT2D eigenvalue weighted by Gasteiger charge is 2.43. The van der Waals surface area contributed by atoms with Gasteiger partial charge in [-0.05, 0) is 55.9 Å². The molecule has 0 amide bonds. The van der Waals surface area contributed by atoms with Crippen molar-refractivity contribution in [3.8, 4) is 5.75 Å². The van der Waals surface area contributed by atoms with Crippen LogP contribution in [0, 0.1) is 5.92 Å². The van der Waals surface area contributed by atoms with Gasteiger partial charge in [-0.25, -0.2) is 0 Å². The Balaban J connectivity index is 1.92. The smallest absolute Gasteiger partial charge is 0.169 e. The molecule has 0 bridgehead atoms. The molecule has 0 saturated heterocycles. The molecule has 0 aliphatic heterocycles. The van der Waals surface area contributed by atoms with E-state index >= 15 is 0 Å². The first-order chi connectivity index (χ1) is 10.1. The third kappa shape index (κ3) is 2.71. The quantitative estimate of drug-likeness (QED) is 0.847. The van der Waals surface area contributed by atoms with E-state index in [1.54, 1.807) is 7.11 Å². The first kappa shape index (κ1) is 14.6. The second-order valence-corrected chi connectivity index (χ2v) is 6.50. The summed E-state index contributed by atoms with van der Waals surface area (Å²) >= 11 is 0. The number of hydrogen-bond acceptors (Lipinski definition) is 3. The molecular formula is C18H24O3. The van der Waals surface area contributed by atoms with Crippen LogP contribution in [0.15, 0.2) is 18.2 Å². The highest BCUT2D eigenvalue weighted by Crippen LogP contribution is 2.40. The van der Waals surface area contributed by atoms with Gasteiger partial charge in [-0.3, -0.25) is 4.79 Å². The maximum atomic E-state index is 12.9. The zero-order chi connectivity index (χ0) is 14.9. The fourth-order valence-electron chi connectivity index (χ4n) is 3.98. The van der Waals surface area contributed by atoms with E-state index in [0.717, 1.165) is 61.8 Å². The molecule has 0 heterocycles. The van der Waals surface area contributed by atoms with E-state index in [-0.39, 0.29) is 11.7 Å². The molecule has 3 rings (SSSR count). The van der Waals surface area contributed by atoms with Crippen LogP contribution < -0.4 is 4.74 Å². The molecule has 114 valence electrons. The molecule has 3 nitrogen and oxygen atoms in total. The minimum absolute atomic E-state index is 0.134. The van der Waals surface area contributed by atoms with Gasteiger partial charge in [0, 0.05) is 5.56 Å². The van der Waals surface area contributed by atoms with Crippen LogP contribution in [0.2, 0.25) is 0 Å². The summed E-state index contributed by atoms with van der Waals surface area (Å²) in [6, 6.07) is 5.70. The minimum Gasteiger partial charge on any atom is -0.497 e. The fraction of sp³-hybridized carbons (Fsp3) is 0.611. The molecule has 1 aromatic carbocycles. The third-order valence-electron chi connectivity index (χ3n) is 5.20. The average molecular weight is 288 g/mol. The van der Waals surface area contributed by atoms with E-state index in [4.69, 9.17) is 4.74 Å². The average Bonchev–Trinajstić information content (AvgIpc) is 2.67. The monoisotopic (exact) mass is 288 g/mol. The Labute approximate surface area is 126 Å². The van der Waals surface area contributed by atoms with Gasteiger partial charge in [-0.2, -0.15) is 0 Å². The number of carbonyl (C=O) groups excluding carboxylic acids is 1. The van der Waals surface area contributed by atoms with Crippen molar-refractivity contribution in [2.24, 2.45) is 5.92 Å². The summed E-state index contributed by atoms with van der Waals surface area (Å²) in [5.74, 6) is 0.707. The second-order valence-electron chi connectivity index (χ2n) is 6.50. The predicted molar refractivity (Wildman–Crippen MR) is 81.8 cm³/mol. The molecule has 0 radical (unpaired) electrons. The fourth-order valence-corrected chi connectivity index (χ4v) is 3.98. The summed E-state index contributed by atoms with van der Waals surface area (Å²) in [5.41, 5.74) is 1.08. The lowest BCUT2D eigenvalue weighted by atomic mass is 9.71. The van der Waals surface area contributed by atoms with Gasteiger partial charge in [0.15, 0.2) is 5.78 Å². The predicted octanol–water partition coefficient (Wildman–Crippen LogP) is 3.53. The lowest BCUT2D eigenvalue weighted by molar-refractivity contribution is -0.0410. The van der Waals surface area contributed by atoms with Crippen molar-refractivity contribution >= 4 is 5.78 Å². The largest absolute Gasteiger partial charge is 0.497 e. The number of aliphatic hydroxyl groups is 1. The number of hydrogen-bond donors (Lipinski definition) is 1. The Hall–Kier alpha value is -1.35. The van der Waals surface area contributed by atoms with E-state index < -0.39 is 5.60 Å². The summed E-state index contributed by atoms with van der Waals surface area (Å²) in [6.07, 6.45) is 7.45. The van der Waals surface area contributed by atoms with Gasteiger partial charge < -0.3 is 9.84 Å². The molecule has 21 heavy (non-hydrogen) atoms. The number of carbonyl (C=O) groups is 1. The molecule has 2 aliphatic rings. The molecule has 1 atom stereocenters. The number of methoxy groups -OCH3 is 1. The van der Waals surface area contributed by atoms with Crippen LogP contribution in [-0.2, 0) is 6.42 Å². The Bertz CT molecular complexity index is 529. The van der Waals surface area contributed by atoms with Gasteiger partial charge in [0.2, 0.25) is 0 Å². The van der Waals surface area contributed by atoms with Gasteiger partial charge >= 0.3 is 0 Å². The Morgan fingerprint density at radius 2 is 1.95 bits per heavy atom. The van der Waals surface area contributed by atoms with Crippen molar-refractivity contribution in [3.05, 3.63) is 29.3 Å². The first-order valence-corrected chi connectivity index (χ1v) is 8.07. The summed E-state index contributed by atoms with van der Waals surface area (Å²) in [4.78, 5) is 12.9. The number of rotatable bonds is 2. The topological polar surface area (TPSA) is 46.5 Å². The Morgan fingerprint density at radius 3 is 2.67 bits per heavy atom. The van der Waals surface area contributed by atoms with Crippen molar-refractivity contribution in [2.75, 3.05) is 7.11 Å².